The maximum atomic E-state index is 12.7. The largest absolute Gasteiger partial charge is 0.480 e. The minimum atomic E-state index is -1.52. The van der Waals surface area contributed by atoms with Gasteiger partial charge in [-0.05, 0) is 24.6 Å². The van der Waals surface area contributed by atoms with Crippen LogP contribution in [0.2, 0.25) is 0 Å². The highest BCUT2D eigenvalue weighted by Gasteiger charge is 2.32. The van der Waals surface area contributed by atoms with Crippen molar-refractivity contribution >= 4 is 21.9 Å². The summed E-state index contributed by atoms with van der Waals surface area (Å²) >= 11 is 3.07. The fraction of sp³-hybridized carbons (Fsp3) is 0.222. The first kappa shape index (κ1) is 11.1. The monoisotopic (exact) mass is 261 g/mol. The number of halogens is 2. The molecule has 3 N–H and O–H groups in total. The molecule has 0 fully saturated rings. The third-order valence-corrected chi connectivity index (χ3v) is 2.59. The Balaban J connectivity index is 3.26. The molecule has 0 aliphatic heterocycles. The van der Waals surface area contributed by atoms with Gasteiger partial charge in [0.2, 0.25) is 0 Å². The lowest BCUT2D eigenvalue weighted by atomic mass is 9.93. The smallest absolute Gasteiger partial charge is 0.328 e. The van der Waals surface area contributed by atoms with Gasteiger partial charge in [-0.25, -0.2) is 9.18 Å². The predicted octanol–water partition coefficient (Wildman–Crippen LogP) is 1.85. The average molecular weight is 262 g/mol. The van der Waals surface area contributed by atoms with Crippen molar-refractivity contribution in [3.05, 3.63) is 34.1 Å². The van der Waals surface area contributed by atoms with E-state index < -0.39 is 17.3 Å². The maximum Gasteiger partial charge on any atom is 0.328 e. The molecule has 0 aromatic heterocycles. The van der Waals surface area contributed by atoms with Crippen LogP contribution in [0.4, 0.5) is 4.39 Å². The maximum absolute atomic E-state index is 12.7. The van der Waals surface area contributed by atoms with E-state index in [0.29, 0.717) is 10.0 Å². The Labute approximate surface area is 88.9 Å². The molecule has 3 nitrogen and oxygen atoms in total. The Hall–Kier alpha value is -0.940. The highest BCUT2D eigenvalue weighted by atomic mass is 79.9. The molecule has 0 saturated carbocycles. The van der Waals surface area contributed by atoms with Gasteiger partial charge in [-0.3, -0.25) is 0 Å². The van der Waals surface area contributed by atoms with Crippen LogP contribution in [0.3, 0.4) is 0 Å². The van der Waals surface area contributed by atoms with Crippen LogP contribution in [0.1, 0.15) is 12.5 Å². The van der Waals surface area contributed by atoms with Crippen LogP contribution in [0.15, 0.2) is 22.7 Å². The second kappa shape index (κ2) is 3.67. The van der Waals surface area contributed by atoms with Crippen molar-refractivity contribution in [3.63, 3.8) is 0 Å². The number of carbonyl (C=O) groups is 1. The zero-order chi connectivity index (χ0) is 10.9. The van der Waals surface area contributed by atoms with E-state index in [4.69, 9.17) is 10.8 Å². The van der Waals surface area contributed by atoms with E-state index in [1.165, 1.54) is 25.1 Å². The lowest BCUT2D eigenvalue weighted by Crippen LogP contribution is -2.42. The van der Waals surface area contributed by atoms with E-state index in [0.717, 1.165) is 0 Å². The van der Waals surface area contributed by atoms with Crippen LogP contribution in [0, 0.1) is 5.82 Å². The molecule has 0 heterocycles. The molecule has 0 saturated heterocycles. The molecule has 1 aromatic rings. The molecular weight excluding hydrogens is 253 g/mol. The summed E-state index contributed by atoms with van der Waals surface area (Å²) in [5.41, 5.74) is 4.40. The van der Waals surface area contributed by atoms with E-state index in [-0.39, 0.29) is 0 Å². The van der Waals surface area contributed by atoms with E-state index >= 15 is 0 Å². The Morgan fingerprint density at radius 1 is 1.64 bits per heavy atom. The summed E-state index contributed by atoms with van der Waals surface area (Å²) in [6, 6.07) is 3.71. The van der Waals surface area contributed by atoms with Crippen molar-refractivity contribution in [1.29, 1.82) is 0 Å². The molecule has 1 aromatic carbocycles. The van der Waals surface area contributed by atoms with Crippen LogP contribution >= 0.6 is 15.9 Å². The summed E-state index contributed by atoms with van der Waals surface area (Å²) < 4.78 is 13.1. The molecule has 5 heteroatoms. The van der Waals surface area contributed by atoms with Gasteiger partial charge in [-0.2, -0.15) is 0 Å². The zero-order valence-electron chi connectivity index (χ0n) is 7.42. The Morgan fingerprint density at radius 3 is 2.64 bits per heavy atom. The van der Waals surface area contributed by atoms with Gasteiger partial charge < -0.3 is 10.8 Å². The number of benzene rings is 1. The van der Waals surface area contributed by atoms with Gasteiger partial charge in [0.1, 0.15) is 11.4 Å². The summed E-state index contributed by atoms with van der Waals surface area (Å²) in [6.07, 6.45) is 0. The van der Waals surface area contributed by atoms with Gasteiger partial charge in [0.25, 0.3) is 0 Å². The Morgan fingerprint density at radius 2 is 2.21 bits per heavy atom. The van der Waals surface area contributed by atoms with E-state index in [9.17, 15) is 9.18 Å². The van der Waals surface area contributed by atoms with Gasteiger partial charge in [0.05, 0.1) is 0 Å². The lowest BCUT2D eigenvalue weighted by molar-refractivity contribution is -0.143. The van der Waals surface area contributed by atoms with Crippen molar-refractivity contribution in [2.24, 2.45) is 5.73 Å². The van der Waals surface area contributed by atoms with Gasteiger partial charge in [0.15, 0.2) is 0 Å². The van der Waals surface area contributed by atoms with Crippen LogP contribution in [0.25, 0.3) is 0 Å². The third kappa shape index (κ3) is 1.93. The van der Waals surface area contributed by atoms with E-state index in [1.807, 2.05) is 0 Å². The number of nitrogens with two attached hydrogens (primary N) is 1. The number of aliphatic carboxylic acids is 1. The number of rotatable bonds is 2. The number of hydrogen-bond donors (Lipinski definition) is 2. The fourth-order valence-electron chi connectivity index (χ4n) is 1.03. The van der Waals surface area contributed by atoms with Crippen LogP contribution < -0.4 is 5.73 Å². The lowest BCUT2D eigenvalue weighted by Gasteiger charge is -2.20. The second-order valence-electron chi connectivity index (χ2n) is 3.13. The van der Waals surface area contributed by atoms with Crippen molar-refractivity contribution < 1.29 is 14.3 Å². The standard InChI is InChI=1S/C9H9BrFNO2/c1-9(12,8(13)14)6-3-2-5(11)4-7(6)10/h2-4H,12H2,1H3,(H,13,14)/t9-/m0/s1. The summed E-state index contributed by atoms with van der Waals surface area (Å²) in [4.78, 5) is 10.8. The van der Waals surface area contributed by atoms with Gasteiger partial charge in [-0.1, -0.05) is 22.0 Å². The quantitative estimate of drug-likeness (QED) is 0.854. The van der Waals surface area contributed by atoms with Gasteiger partial charge in [-0.15, -0.1) is 0 Å². The van der Waals surface area contributed by atoms with Crippen LogP contribution in [-0.2, 0) is 10.3 Å². The normalized spacial score (nSPS) is 14.9. The molecular formula is C9H9BrFNO2. The van der Waals surface area contributed by atoms with Crippen LogP contribution in [0.5, 0.6) is 0 Å². The molecule has 0 aliphatic rings. The molecule has 14 heavy (non-hydrogen) atoms. The summed E-state index contributed by atoms with van der Waals surface area (Å²) in [6.45, 7) is 1.35. The number of hydrogen-bond acceptors (Lipinski definition) is 2. The SMILES string of the molecule is C[C@@](N)(C(=O)O)c1ccc(F)cc1Br. The van der Waals surface area contributed by atoms with E-state index in [1.54, 1.807) is 0 Å². The van der Waals surface area contributed by atoms with E-state index in [2.05, 4.69) is 15.9 Å². The molecule has 0 unspecified atom stereocenters. The van der Waals surface area contributed by atoms with Gasteiger partial charge in [0, 0.05) is 4.47 Å². The molecule has 0 radical (unpaired) electrons. The van der Waals surface area contributed by atoms with Gasteiger partial charge >= 0.3 is 5.97 Å². The molecule has 0 bridgehead atoms. The Bertz CT molecular complexity index is 379. The summed E-state index contributed by atoms with van der Waals surface area (Å²) in [5.74, 6) is -1.60. The highest BCUT2D eigenvalue weighted by molar-refractivity contribution is 9.10. The topological polar surface area (TPSA) is 63.3 Å². The average Bonchev–Trinajstić information content (AvgIpc) is 2.02. The highest BCUT2D eigenvalue weighted by Crippen LogP contribution is 2.27. The minimum Gasteiger partial charge on any atom is -0.480 e. The third-order valence-electron chi connectivity index (χ3n) is 1.93. The number of carboxylic acids is 1. The molecule has 1 rings (SSSR count). The first-order valence-corrected chi connectivity index (χ1v) is 4.63. The first-order valence-electron chi connectivity index (χ1n) is 3.83. The fourth-order valence-corrected chi connectivity index (χ4v) is 1.79. The van der Waals surface area contributed by atoms with Crippen molar-refractivity contribution in [3.8, 4) is 0 Å². The van der Waals surface area contributed by atoms with Crippen LogP contribution in [-0.4, -0.2) is 11.1 Å². The molecule has 0 spiro atoms. The van der Waals surface area contributed by atoms with Crippen molar-refractivity contribution in [2.75, 3.05) is 0 Å². The first-order chi connectivity index (χ1) is 6.35. The predicted molar refractivity (Wildman–Crippen MR) is 53.3 cm³/mol. The minimum absolute atomic E-state index is 0.339. The number of carboxylic acid groups (broad SMARTS) is 1. The Kier molecular flexibility index (Phi) is 2.92. The molecule has 0 amide bonds. The summed E-state index contributed by atoms with van der Waals surface area (Å²) in [5, 5.41) is 8.85. The molecule has 1 atom stereocenters. The van der Waals surface area contributed by atoms with Crippen molar-refractivity contribution in [2.45, 2.75) is 12.5 Å². The van der Waals surface area contributed by atoms with Crippen molar-refractivity contribution in [1.82, 2.24) is 0 Å². The molecule has 0 aliphatic carbocycles. The zero-order valence-corrected chi connectivity index (χ0v) is 9.01. The summed E-state index contributed by atoms with van der Waals surface area (Å²) in [7, 11) is 0. The second-order valence-corrected chi connectivity index (χ2v) is 3.99. The molecule has 76 valence electrons.